The predicted molar refractivity (Wildman–Crippen MR) is 97.6 cm³/mol. The molecule has 0 bridgehead atoms. The Morgan fingerprint density at radius 3 is 2.42 bits per heavy atom. The second-order valence-electron chi connectivity index (χ2n) is 5.63. The highest BCUT2D eigenvalue weighted by molar-refractivity contribution is 7.89. The Bertz CT molecular complexity index is 802. The van der Waals surface area contributed by atoms with Gasteiger partial charge in [0.15, 0.2) is 0 Å². The summed E-state index contributed by atoms with van der Waals surface area (Å²) in [5.41, 5.74) is 6.03. The van der Waals surface area contributed by atoms with Crippen molar-refractivity contribution in [1.29, 1.82) is 0 Å². The normalized spacial score (nSPS) is 12.1. The summed E-state index contributed by atoms with van der Waals surface area (Å²) in [4.78, 5) is 2.28. The second kappa shape index (κ2) is 7.83. The lowest BCUT2D eigenvalue weighted by molar-refractivity contribution is 0.300. The fourth-order valence-corrected chi connectivity index (χ4v) is 4.00. The minimum Gasteiger partial charge on any atom is -0.506 e. The molecule has 132 valence electrons. The Morgan fingerprint density at radius 1 is 1.17 bits per heavy atom. The lowest BCUT2D eigenvalue weighted by Crippen LogP contribution is -2.30. The number of aromatic hydroxyl groups is 1. The number of fused-ring (bicyclic) bond motifs is 1. The average Bonchev–Trinajstić information content (AvgIpc) is 2.58. The molecule has 4 N–H and O–H groups in total. The van der Waals surface area contributed by atoms with E-state index in [1.807, 2.05) is 0 Å². The molecule has 0 heterocycles. The molecule has 0 saturated carbocycles. The molecule has 0 atom stereocenters. The van der Waals surface area contributed by atoms with Crippen molar-refractivity contribution in [3.05, 3.63) is 30.3 Å². The molecular formula is C17H25N3O3S. The molecule has 2 aromatic rings. The number of hydrogen-bond donors (Lipinski definition) is 3. The predicted octanol–water partition coefficient (Wildman–Crippen LogP) is 2.14. The zero-order valence-corrected chi connectivity index (χ0v) is 14.9. The van der Waals surface area contributed by atoms with Crippen molar-refractivity contribution in [2.24, 2.45) is 0 Å². The number of hydrogen-bond acceptors (Lipinski definition) is 5. The van der Waals surface area contributed by atoms with Crippen molar-refractivity contribution >= 4 is 26.5 Å². The van der Waals surface area contributed by atoms with E-state index in [9.17, 15) is 13.5 Å². The number of nitrogens with two attached hydrogens (primary N) is 1. The van der Waals surface area contributed by atoms with Gasteiger partial charge in [-0.05, 0) is 26.1 Å². The molecule has 0 spiro atoms. The smallest absolute Gasteiger partial charge is 0.241 e. The van der Waals surface area contributed by atoms with Gasteiger partial charge in [-0.15, -0.1) is 0 Å². The first-order valence-electron chi connectivity index (χ1n) is 8.13. The van der Waals surface area contributed by atoms with Crippen LogP contribution in [0.5, 0.6) is 5.75 Å². The molecule has 6 nitrogen and oxygen atoms in total. The maximum atomic E-state index is 12.6. The lowest BCUT2D eigenvalue weighted by Gasteiger charge is -2.18. The number of anilines is 1. The van der Waals surface area contributed by atoms with E-state index in [0.717, 1.165) is 26.1 Å². The fourth-order valence-electron chi connectivity index (χ4n) is 2.70. The molecule has 2 aromatic carbocycles. The first-order chi connectivity index (χ1) is 11.4. The van der Waals surface area contributed by atoms with E-state index in [2.05, 4.69) is 23.5 Å². The standard InChI is InChI=1S/C17H25N3O3S/c1-3-20(4-2)11-7-10-19-24(22,23)16-12-15(21)17(18)14-9-6-5-8-13(14)16/h5-6,8-9,12,19,21H,3-4,7,10-11,18H2,1-2H3. The molecule has 0 aromatic heterocycles. The number of phenolic OH excluding ortho intramolecular Hbond substituents is 1. The lowest BCUT2D eigenvalue weighted by atomic mass is 10.1. The van der Waals surface area contributed by atoms with Crippen LogP contribution < -0.4 is 10.5 Å². The van der Waals surface area contributed by atoms with Crippen LogP contribution in [-0.2, 0) is 10.0 Å². The van der Waals surface area contributed by atoms with E-state index in [-0.39, 0.29) is 16.3 Å². The van der Waals surface area contributed by atoms with Crippen molar-refractivity contribution in [3.8, 4) is 5.75 Å². The first kappa shape index (κ1) is 18.5. The zero-order valence-electron chi connectivity index (χ0n) is 14.1. The number of nitrogen functional groups attached to an aromatic ring is 1. The van der Waals surface area contributed by atoms with Crippen molar-refractivity contribution < 1.29 is 13.5 Å². The molecule has 0 saturated heterocycles. The summed E-state index contributed by atoms with van der Waals surface area (Å²) >= 11 is 0. The summed E-state index contributed by atoms with van der Waals surface area (Å²) in [6.07, 6.45) is 0.722. The Hall–Kier alpha value is -1.83. The highest BCUT2D eigenvalue weighted by atomic mass is 32.2. The monoisotopic (exact) mass is 351 g/mol. The highest BCUT2D eigenvalue weighted by Gasteiger charge is 2.20. The van der Waals surface area contributed by atoms with Crippen LogP contribution in [0.3, 0.4) is 0 Å². The molecule has 0 aliphatic heterocycles. The fraction of sp³-hybridized carbons (Fsp3) is 0.412. The molecule has 0 aliphatic carbocycles. The maximum Gasteiger partial charge on any atom is 0.241 e. The third kappa shape index (κ3) is 3.98. The highest BCUT2D eigenvalue weighted by Crippen LogP contribution is 2.34. The van der Waals surface area contributed by atoms with E-state index in [1.165, 1.54) is 6.07 Å². The third-order valence-electron chi connectivity index (χ3n) is 4.15. The Labute approximate surface area is 143 Å². The van der Waals surface area contributed by atoms with E-state index in [1.54, 1.807) is 24.3 Å². The van der Waals surface area contributed by atoms with Gasteiger partial charge in [0.1, 0.15) is 5.75 Å². The number of nitrogens with zero attached hydrogens (tertiary/aromatic N) is 1. The molecule has 0 amide bonds. The summed E-state index contributed by atoms with van der Waals surface area (Å²) in [6, 6.07) is 8.11. The summed E-state index contributed by atoms with van der Waals surface area (Å²) in [6.45, 7) is 7.23. The van der Waals surface area contributed by atoms with Crippen LogP contribution in [0.25, 0.3) is 10.8 Å². The SMILES string of the molecule is CCN(CC)CCCNS(=O)(=O)c1cc(O)c(N)c2ccccc12. The molecule has 0 fully saturated rings. The molecule has 24 heavy (non-hydrogen) atoms. The van der Waals surface area contributed by atoms with Crippen LogP contribution in [0.4, 0.5) is 5.69 Å². The van der Waals surface area contributed by atoms with Crippen molar-refractivity contribution in [3.63, 3.8) is 0 Å². The van der Waals surface area contributed by atoms with Gasteiger partial charge in [-0.1, -0.05) is 38.1 Å². The van der Waals surface area contributed by atoms with Crippen molar-refractivity contribution in [2.45, 2.75) is 25.2 Å². The van der Waals surface area contributed by atoms with Gasteiger partial charge in [-0.2, -0.15) is 0 Å². The average molecular weight is 351 g/mol. The molecule has 7 heteroatoms. The van der Waals surface area contributed by atoms with Gasteiger partial charge >= 0.3 is 0 Å². The minimum absolute atomic E-state index is 0.0487. The summed E-state index contributed by atoms with van der Waals surface area (Å²) < 4.78 is 27.8. The van der Waals surface area contributed by atoms with Crippen LogP contribution in [0.1, 0.15) is 20.3 Å². The van der Waals surface area contributed by atoms with Gasteiger partial charge in [-0.25, -0.2) is 13.1 Å². The van der Waals surface area contributed by atoms with E-state index < -0.39 is 10.0 Å². The van der Waals surface area contributed by atoms with Gasteiger partial charge in [0.25, 0.3) is 0 Å². The Balaban J connectivity index is 2.21. The van der Waals surface area contributed by atoms with E-state index in [0.29, 0.717) is 17.3 Å². The topological polar surface area (TPSA) is 95.7 Å². The van der Waals surface area contributed by atoms with Gasteiger partial charge in [0.05, 0.1) is 10.6 Å². The summed E-state index contributed by atoms with van der Waals surface area (Å²) in [5, 5.41) is 11.0. The van der Waals surface area contributed by atoms with Gasteiger partial charge in [0, 0.05) is 23.4 Å². The Kier molecular flexibility index (Phi) is 6.04. The number of nitrogens with one attached hydrogen (secondary N) is 1. The second-order valence-corrected chi connectivity index (χ2v) is 7.37. The van der Waals surface area contributed by atoms with Crippen LogP contribution in [-0.4, -0.2) is 44.6 Å². The molecule has 0 radical (unpaired) electrons. The number of phenols is 1. The summed E-state index contributed by atoms with van der Waals surface area (Å²) in [7, 11) is -3.72. The van der Waals surface area contributed by atoms with Gasteiger partial charge < -0.3 is 15.7 Å². The zero-order chi connectivity index (χ0) is 17.7. The van der Waals surface area contributed by atoms with E-state index in [4.69, 9.17) is 5.73 Å². The molecular weight excluding hydrogens is 326 g/mol. The van der Waals surface area contributed by atoms with Crippen LogP contribution >= 0.6 is 0 Å². The summed E-state index contributed by atoms with van der Waals surface area (Å²) in [5.74, 6) is -0.225. The van der Waals surface area contributed by atoms with E-state index >= 15 is 0 Å². The molecule has 0 aliphatic rings. The van der Waals surface area contributed by atoms with Crippen LogP contribution in [0.15, 0.2) is 35.2 Å². The van der Waals surface area contributed by atoms with Gasteiger partial charge in [0.2, 0.25) is 10.0 Å². The van der Waals surface area contributed by atoms with Crippen LogP contribution in [0, 0.1) is 0 Å². The largest absolute Gasteiger partial charge is 0.506 e. The number of sulfonamides is 1. The van der Waals surface area contributed by atoms with Crippen molar-refractivity contribution in [1.82, 2.24) is 9.62 Å². The number of rotatable bonds is 8. The minimum atomic E-state index is -3.72. The quantitative estimate of drug-likeness (QED) is 0.385. The number of benzene rings is 2. The van der Waals surface area contributed by atoms with Crippen molar-refractivity contribution in [2.75, 3.05) is 31.9 Å². The van der Waals surface area contributed by atoms with Crippen LogP contribution in [0.2, 0.25) is 0 Å². The third-order valence-corrected chi connectivity index (χ3v) is 5.65. The molecule has 2 rings (SSSR count). The maximum absolute atomic E-state index is 12.6. The Morgan fingerprint density at radius 2 is 1.79 bits per heavy atom. The first-order valence-corrected chi connectivity index (χ1v) is 9.61. The van der Waals surface area contributed by atoms with Gasteiger partial charge in [-0.3, -0.25) is 0 Å². The molecule has 0 unspecified atom stereocenters.